The molecule has 1 unspecified atom stereocenters. The van der Waals surface area contributed by atoms with Gasteiger partial charge in [0.05, 0.1) is 13.2 Å². The van der Waals surface area contributed by atoms with Crippen LogP contribution in [0.3, 0.4) is 0 Å². The summed E-state index contributed by atoms with van der Waals surface area (Å²) in [7, 11) is 0. The summed E-state index contributed by atoms with van der Waals surface area (Å²) in [4.78, 5) is 0. The van der Waals surface area contributed by atoms with Crippen LogP contribution in [0.1, 0.15) is 28.2 Å². The summed E-state index contributed by atoms with van der Waals surface area (Å²) in [5.41, 5.74) is 5.53. The Morgan fingerprint density at radius 2 is 1.82 bits per heavy atom. The molecule has 3 rings (SSSR count). The molecule has 17 heavy (non-hydrogen) atoms. The summed E-state index contributed by atoms with van der Waals surface area (Å²) < 4.78 is 5.72. The smallest absolute Gasteiger partial charge is 0.0720 e. The first-order valence-corrected chi connectivity index (χ1v) is 6.07. The van der Waals surface area contributed by atoms with Crippen LogP contribution in [0.2, 0.25) is 0 Å². The van der Waals surface area contributed by atoms with Crippen LogP contribution in [-0.2, 0) is 11.3 Å². The average Bonchev–Trinajstić information content (AvgIpc) is 2.39. The number of hydrogen-bond acceptors (Lipinski definition) is 1. The molecule has 1 heteroatoms. The normalized spacial score (nSPS) is 18.8. The van der Waals surface area contributed by atoms with Crippen molar-refractivity contribution in [1.29, 1.82) is 0 Å². The minimum Gasteiger partial charge on any atom is -0.376 e. The maximum Gasteiger partial charge on any atom is 0.0720 e. The number of benzene rings is 2. The minimum absolute atomic E-state index is 0.390. The summed E-state index contributed by atoms with van der Waals surface area (Å²) >= 11 is 0. The Bertz CT molecular complexity index is 516. The fourth-order valence-electron chi connectivity index (χ4n) is 2.68. The van der Waals surface area contributed by atoms with Crippen LogP contribution in [0.4, 0.5) is 0 Å². The van der Waals surface area contributed by atoms with Gasteiger partial charge in [0.25, 0.3) is 0 Å². The quantitative estimate of drug-likeness (QED) is 0.718. The monoisotopic (exact) mass is 224 g/mol. The Balaban J connectivity index is 2.11. The maximum atomic E-state index is 5.72. The fourth-order valence-corrected chi connectivity index (χ4v) is 2.68. The van der Waals surface area contributed by atoms with E-state index in [0.29, 0.717) is 5.92 Å². The van der Waals surface area contributed by atoms with Crippen molar-refractivity contribution in [3.05, 3.63) is 70.8 Å². The van der Waals surface area contributed by atoms with Gasteiger partial charge in [0.1, 0.15) is 0 Å². The van der Waals surface area contributed by atoms with E-state index in [4.69, 9.17) is 4.74 Å². The molecule has 0 fully saturated rings. The predicted molar refractivity (Wildman–Crippen MR) is 69.1 cm³/mol. The third-order valence-corrected chi connectivity index (χ3v) is 3.51. The fraction of sp³-hybridized carbons (Fsp3) is 0.250. The van der Waals surface area contributed by atoms with E-state index in [-0.39, 0.29) is 0 Å². The predicted octanol–water partition coefficient (Wildman–Crippen LogP) is 3.66. The van der Waals surface area contributed by atoms with E-state index >= 15 is 0 Å². The van der Waals surface area contributed by atoms with Crippen molar-refractivity contribution in [2.75, 3.05) is 6.61 Å². The highest BCUT2D eigenvalue weighted by Crippen LogP contribution is 2.34. The molecule has 0 saturated carbocycles. The van der Waals surface area contributed by atoms with Crippen LogP contribution in [0.5, 0.6) is 0 Å². The van der Waals surface area contributed by atoms with Crippen molar-refractivity contribution in [2.24, 2.45) is 0 Å². The molecule has 0 aromatic heterocycles. The standard InChI is InChI=1S/C16H16O/c1-12-6-5-9-14-10-17-11-15(16(12)14)13-7-3-2-4-8-13/h2-9,15H,10-11H2,1H3. The van der Waals surface area contributed by atoms with Gasteiger partial charge in [-0.25, -0.2) is 0 Å². The SMILES string of the molecule is Cc1cccc2c1C(c1ccccc1)COC2. The lowest BCUT2D eigenvalue weighted by atomic mass is 9.84. The molecule has 0 radical (unpaired) electrons. The molecule has 1 nitrogen and oxygen atoms in total. The summed E-state index contributed by atoms with van der Waals surface area (Å²) in [5.74, 6) is 0.390. The molecule has 86 valence electrons. The first kappa shape index (κ1) is 10.5. The molecule has 0 saturated heterocycles. The number of aryl methyl sites for hydroxylation is 1. The number of hydrogen-bond donors (Lipinski definition) is 0. The van der Waals surface area contributed by atoms with E-state index in [9.17, 15) is 0 Å². The van der Waals surface area contributed by atoms with Crippen LogP contribution in [0, 0.1) is 6.92 Å². The van der Waals surface area contributed by atoms with Gasteiger partial charge in [-0.3, -0.25) is 0 Å². The molecule has 1 atom stereocenters. The zero-order chi connectivity index (χ0) is 11.7. The molecule has 0 spiro atoms. The topological polar surface area (TPSA) is 9.23 Å². The second-order valence-corrected chi connectivity index (χ2v) is 4.63. The molecule has 1 heterocycles. The average molecular weight is 224 g/mol. The highest BCUT2D eigenvalue weighted by atomic mass is 16.5. The lowest BCUT2D eigenvalue weighted by molar-refractivity contribution is 0.0991. The molecule has 1 aliphatic rings. The molecule has 0 amide bonds. The third-order valence-electron chi connectivity index (χ3n) is 3.51. The third kappa shape index (κ3) is 1.87. The largest absolute Gasteiger partial charge is 0.376 e. The Labute approximate surface area is 102 Å². The van der Waals surface area contributed by atoms with Crippen molar-refractivity contribution in [3.8, 4) is 0 Å². The summed E-state index contributed by atoms with van der Waals surface area (Å²) in [6.07, 6.45) is 0. The molecule has 1 aliphatic heterocycles. The van der Waals surface area contributed by atoms with E-state index in [1.807, 2.05) is 0 Å². The molecule has 2 aromatic rings. The van der Waals surface area contributed by atoms with E-state index in [1.165, 1.54) is 22.3 Å². The second kappa shape index (κ2) is 4.34. The number of rotatable bonds is 1. The van der Waals surface area contributed by atoms with E-state index < -0.39 is 0 Å². The second-order valence-electron chi connectivity index (χ2n) is 4.63. The zero-order valence-electron chi connectivity index (χ0n) is 10.0. The van der Waals surface area contributed by atoms with Gasteiger partial charge in [-0.2, -0.15) is 0 Å². The summed E-state index contributed by atoms with van der Waals surface area (Å²) in [6, 6.07) is 17.1. The summed E-state index contributed by atoms with van der Waals surface area (Å²) in [6.45, 7) is 3.74. The van der Waals surface area contributed by atoms with Gasteiger partial charge in [0, 0.05) is 5.92 Å². The maximum absolute atomic E-state index is 5.72. The van der Waals surface area contributed by atoms with Crippen LogP contribution in [-0.4, -0.2) is 6.61 Å². The number of fused-ring (bicyclic) bond motifs is 1. The Kier molecular flexibility index (Phi) is 2.69. The molecule has 0 aliphatic carbocycles. The van der Waals surface area contributed by atoms with Crippen molar-refractivity contribution >= 4 is 0 Å². The molecular weight excluding hydrogens is 208 g/mol. The van der Waals surface area contributed by atoms with Crippen molar-refractivity contribution in [3.63, 3.8) is 0 Å². The zero-order valence-corrected chi connectivity index (χ0v) is 10.0. The molecule has 0 N–H and O–H groups in total. The van der Waals surface area contributed by atoms with Gasteiger partial charge in [0.15, 0.2) is 0 Å². The van der Waals surface area contributed by atoms with E-state index in [2.05, 4.69) is 55.5 Å². The van der Waals surface area contributed by atoms with Crippen LogP contribution in [0.15, 0.2) is 48.5 Å². The lowest BCUT2D eigenvalue weighted by Crippen LogP contribution is -2.18. The molecule has 2 aromatic carbocycles. The highest BCUT2D eigenvalue weighted by Gasteiger charge is 2.23. The Hall–Kier alpha value is -1.60. The van der Waals surface area contributed by atoms with Crippen LogP contribution < -0.4 is 0 Å². The van der Waals surface area contributed by atoms with Gasteiger partial charge in [-0.05, 0) is 29.2 Å². The summed E-state index contributed by atoms with van der Waals surface area (Å²) in [5, 5.41) is 0. The number of ether oxygens (including phenoxy) is 1. The first-order chi connectivity index (χ1) is 8.36. The van der Waals surface area contributed by atoms with Crippen molar-refractivity contribution in [1.82, 2.24) is 0 Å². The van der Waals surface area contributed by atoms with Gasteiger partial charge in [-0.15, -0.1) is 0 Å². The van der Waals surface area contributed by atoms with Gasteiger partial charge >= 0.3 is 0 Å². The van der Waals surface area contributed by atoms with Crippen LogP contribution in [0.25, 0.3) is 0 Å². The minimum atomic E-state index is 0.390. The van der Waals surface area contributed by atoms with Crippen molar-refractivity contribution in [2.45, 2.75) is 19.4 Å². The van der Waals surface area contributed by atoms with Gasteiger partial charge in [0.2, 0.25) is 0 Å². The van der Waals surface area contributed by atoms with E-state index in [1.54, 1.807) is 0 Å². The van der Waals surface area contributed by atoms with Crippen LogP contribution >= 0.6 is 0 Å². The van der Waals surface area contributed by atoms with Gasteiger partial charge in [-0.1, -0.05) is 48.5 Å². The van der Waals surface area contributed by atoms with Crippen molar-refractivity contribution < 1.29 is 4.74 Å². The van der Waals surface area contributed by atoms with E-state index in [0.717, 1.165) is 13.2 Å². The Morgan fingerprint density at radius 1 is 1.00 bits per heavy atom. The Morgan fingerprint density at radius 3 is 2.65 bits per heavy atom. The molecular formula is C16H16O. The first-order valence-electron chi connectivity index (χ1n) is 6.07. The highest BCUT2D eigenvalue weighted by molar-refractivity contribution is 5.43. The molecule has 0 bridgehead atoms. The lowest BCUT2D eigenvalue weighted by Gasteiger charge is -2.27. The van der Waals surface area contributed by atoms with Gasteiger partial charge < -0.3 is 4.74 Å².